The Morgan fingerprint density at radius 1 is 1.02 bits per heavy atom. The summed E-state index contributed by atoms with van der Waals surface area (Å²) < 4.78 is 81.9. The molecule has 3 atom stereocenters. The number of rotatable bonds is 5. The van der Waals surface area contributed by atoms with Crippen LogP contribution in [-0.2, 0) is 5.54 Å². The Morgan fingerprint density at radius 3 is 2.20 bits per heavy atom. The summed E-state index contributed by atoms with van der Waals surface area (Å²) in [7, 11) is 0. The highest BCUT2D eigenvalue weighted by molar-refractivity contribution is 6.00. The lowest BCUT2D eigenvalue weighted by Crippen LogP contribution is -2.61. The largest absolute Gasteiger partial charge is 0.421 e. The van der Waals surface area contributed by atoms with Crippen LogP contribution in [-0.4, -0.2) is 75.8 Å². The Balaban J connectivity index is 1.39. The maximum absolute atomic E-state index is 13.5. The summed E-state index contributed by atoms with van der Waals surface area (Å²) in [6, 6.07) is 1.21. The minimum absolute atomic E-state index is 0.0315. The third-order valence-corrected chi connectivity index (χ3v) is 8.41. The number of hydrogen-bond donors (Lipinski definition) is 3. The van der Waals surface area contributed by atoms with E-state index in [0.29, 0.717) is 24.6 Å². The fraction of sp³-hybridized carbons (Fsp3) is 0.423. The molecular weight excluding hydrogens is 598 g/mol. The monoisotopic (exact) mass is 622 g/mol. The number of carbonyl (C=O) groups excluding carboxylic acids is 2. The van der Waals surface area contributed by atoms with Crippen molar-refractivity contribution in [2.45, 2.75) is 68.5 Å². The second-order valence-corrected chi connectivity index (χ2v) is 10.9. The van der Waals surface area contributed by atoms with Crippen LogP contribution in [0.1, 0.15) is 70.9 Å². The molecule has 0 spiro atoms. The molecule has 12 nitrogen and oxygen atoms in total. The highest BCUT2D eigenvalue weighted by Gasteiger charge is 2.70. The summed E-state index contributed by atoms with van der Waals surface area (Å²) in [4.78, 5) is 38.5. The van der Waals surface area contributed by atoms with Crippen molar-refractivity contribution in [2.75, 3.05) is 5.73 Å². The van der Waals surface area contributed by atoms with E-state index in [1.54, 1.807) is 4.90 Å². The molecule has 4 aromatic heterocycles. The van der Waals surface area contributed by atoms with E-state index in [0.717, 1.165) is 25.1 Å². The van der Waals surface area contributed by atoms with Crippen molar-refractivity contribution in [2.24, 2.45) is 5.73 Å². The number of nitrogen functional groups attached to an aromatic ring is 1. The number of nitrogens with one attached hydrogen (secondary N) is 1. The van der Waals surface area contributed by atoms with E-state index in [1.807, 2.05) is 0 Å². The molecule has 18 heteroatoms. The number of amides is 1. The van der Waals surface area contributed by atoms with Crippen molar-refractivity contribution < 1.29 is 35.9 Å². The summed E-state index contributed by atoms with van der Waals surface area (Å²) >= 11 is 0. The highest BCUT2D eigenvalue weighted by atomic mass is 19.4. The first-order chi connectivity index (χ1) is 20.6. The van der Waals surface area contributed by atoms with Crippen LogP contribution in [0.15, 0.2) is 30.9 Å². The van der Waals surface area contributed by atoms with Gasteiger partial charge in [-0.05, 0) is 38.7 Å². The lowest BCUT2D eigenvalue weighted by Gasteiger charge is -2.38. The van der Waals surface area contributed by atoms with E-state index in [9.17, 15) is 35.9 Å². The average Bonchev–Trinajstić information content (AvgIpc) is 3.69. The molecule has 44 heavy (non-hydrogen) atoms. The lowest BCUT2D eigenvalue weighted by molar-refractivity contribution is -0.303. The Morgan fingerprint density at radius 2 is 1.68 bits per heavy atom. The predicted octanol–water partition coefficient (Wildman–Crippen LogP) is 3.52. The number of carbonyl (C=O) groups is 2. The SMILES string of the molecule is CC(=O)c1c([C@@H]2C[C@H]3CC[C@@H](C2)N3C(=O)c2nnc[nH]2)nc2c(-c3ccc(C(N)(C(F)(F)F)C(F)(F)F)nc3)cnn2c1N. The van der Waals surface area contributed by atoms with Gasteiger partial charge in [-0.1, -0.05) is 6.07 Å². The number of nitrogens with zero attached hydrogens (tertiary/aromatic N) is 7. The van der Waals surface area contributed by atoms with Gasteiger partial charge in [0.15, 0.2) is 11.4 Å². The van der Waals surface area contributed by atoms with E-state index in [4.69, 9.17) is 16.5 Å². The van der Waals surface area contributed by atoms with Crippen molar-refractivity contribution in [1.29, 1.82) is 0 Å². The predicted molar refractivity (Wildman–Crippen MR) is 140 cm³/mol. The van der Waals surface area contributed by atoms with Crippen molar-refractivity contribution >= 4 is 23.2 Å². The Kier molecular flexibility index (Phi) is 6.67. The Hall–Kier alpha value is -4.61. The molecule has 6 heterocycles. The van der Waals surface area contributed by atoms with E-state index in [-0.39, 0.29) is 63.7 Å². The van der Waals surface area contributed by atoms with Crippen molar-refractivity contribution in [3.8, 4) is 11.1 Å². The molecule has 2 fully saturated rings. The molecule has 0 aromatic carbocycles. The normalized spacial score (nSPS) is 20.8. The second kappa shape index (κ2) is 9.96. The molecule has 5 N–H and O–H groups in total. The summed E-state index contributed by atoms with van der Waals surface area (Å²) in [5.41, 5.74) is 6.06. The van der Waals surface area contributed by atoms with Gasteiger partial charge in [0.05, 0.1) is 23.1 Å². The summed E-state index contributed by atoms with van der Waals surface area (Å²) in [6.07, 6.45) is -5.96. The van der Waals surface area contributed by atoms with E-state index < -0.39 is 23.6 Å². The molecule has 2 aliphatic heterocycles. The maximum Gasteiger partial charge on any atom is 0.421 e. The number of pyridine rings is 1. The summed E-state index contributed by atoms with van der Waals surface area (Å²) in [6.45, 7) is 1.33. The van der Waals surface area contributed by atoms with Gasteiger partial charge in [-0.3, -0.25) is 14.6 Å². The van der Waals surface area contributed by atoms with E-state index >= 15 is 0 Å². The summed E-state index contributed by atoms with van der Waals surface area (Å²) in [5.74, 6) is -0.863. The number of H-pyrrole nitrogens is 1. The Labute approximate surface area is 243 Å². The number of anilines is 1. The third kappa shape index (κ3) is 4.37. The number of hydrogen-bond acceptors (Lipinski definition) is 9. The molecule has 232 valence electrons. The second-order valence-electron chi connectivity index (χ2n) is 10.9. The molecule has 4 aromatic rings. The molecule has 2 saturated heterocycles. The number of Topliss-reactive ketones (excluding diaryl/α,β-unsaturated/α-hetero) is 1. The van der Waals surface area contributed by atoms with Crippen molar-refractivity contribution in [3.05, 3.63) is 53.6 Å². The van der Waals surface area contributed by atoms with Gasteiger partial charge in [-0.25, -0.2) is 4.98 Å². The van der Waals surface area contributed by atoms with Crippen LogP contribution in [0.5, 0.6) is 0 Å². The van der Waals surface area contributed by atoms with Gasteiger partial charge in [-0.15, -0.1) is 10.2 Å². The number of ketones is 1. The summed E-state index contributed by atoms with van der Waals surface area (Å²) in [5, 5.41) is 11.7. The van der Waals surface area contributed by atoms with Crippen LogP contribution in [0, 0.1) is 0 Å². The fourth-order valence-electron chi connectivity index (χ4n) is 6.29. The zero-order valence-corrected chi connectivity index (χ0v) is 22.8. The number of alkyl halides is 6. The number of fused-ring (bicyclic) bond motifs is 3. The molecule has 0 unspecified atom stereocenters. The van der Waals surface area contributed by atoms with Crippen LogP contribution in [0.2, 0.25) is 0 Å². The van der Waals surface area contributed by atoms with E-state index in [1.165, 1.54) is 24.0 Å². The number of piperidine rings is 1. The smallest absolute Gasteiger partial charge is 0.383 e. The fourth-order valence-corrected chi connectivity index (χ4v) is 6.29. The third-order valence-electron chi connectivity index (χ3n) is 8.41. The van der Waals surface area contributed by atoms with Gasteiger partial charge in [0.25, 0.3) is 11.4 Å². The quantitative estimate of drug-likeness (QED) is 0.222. The van der Waals surface area contributed by atoms with Crippen molar-refractivity contribution in [3.63, 3.8) is 0 Å². The molecule has 0 aliphatic carbocycles. The number of aromatic amines is 1. The number of halogens is 6. The van der Waals surface area contributed by atoms with Gasteiger partial charge in [-0.2, -0.15) is 36.0 Å². The molecule has 0 radical (unpaired) electrons. The van der Waals surface area contributed by atoms with E-state index in [2.05, 4.69) is 25.3 Å². The molecule has 6 rings (SSSR count). The molecule has 2 aliphatic rings. The van der Waals surface area contributed by atoms with Gasteiger partial charge in [0.1, 0.15) is 12.1 Å². The Bertz CT molecular complexity index is 1720. The number of nitrogens with two attached hydrogens (primary N) is 2. The van der Waals surface area contributed by atoms with Gasteiger partial charge in [0, 0.05) is 35.3 Å². The first-order valence-corrected chi connectivity index (χ1v) is 13.4. The molecule has 2 bridgehead atoms. The number of aromatic nitrogens is 7. The topological polar surface area (TPSA) is 174 Å². The maximum atomic E-state index is 13.5. The van der Waals surface area contributed by atoms with Crippen LogP contribution in [0.25, 0.3) is 16.8 Å². The standard InChI is InChI=1S/C26H24F6N10O2/c1-11(43)18-19(13-6-14-3-4-15(7-13)41(14)23(44)21-36-10-37-40-21)39-22-16(9-38-42(22)20(18)33)12-2-5-17(35-8-12)24(34,25(27,28)29)26(30,31)32/h2,5,8-10,13-15H,3-4,6-7,33-34H2,1H3,(H,36,37,40)/t13-,14-,15+. The van der Waals surface area contributed by atoms with Crippen LogP contribution < -0.4 is 11.5 Å². The van der Waals surface area contributed by atoms with Crippen LogP contribution in [0.4, 0.5) is 32.2 Å². The highest BCUT2D eigenvalue weighted by Crippen LogP contribution is 2.48. The minimum Gasteiger partial charge on any atom is -0.383 e. The zero-order valence-electron chi connectivity index (χ0n) is 22.8. The van der Waals surface area contributed by atoms with Gasteiger partial charge >= 0.3 is 12.4 Å². The zero-order chi connectivity index (χ0) is 31.8. The minimum atomic E-state index is -5.87. The first kappa shape index (κ1) is 29.5. The van der Waals surface area contributed by atoms with Gasteiger partial charge < -0.3 is 21.4 Å². The molecular formula is C26H24F6N10O2. The van der Waals surface area contributed by atoms with Crippen LogP contribution >= 0.6 is 0 Å². The van der Waals surface area contributed by atoms with Gasteiger partial charge in [0.2, 0.25) is 5.82 Å². The molecule has 0 saturated carbocycles. The molecule has 1 amide bonds. The van der Waals surface area contributed by atoms with Crippen LogP contribution in [0.3, 0.4) is 0 Å². The average molecular weight is 623 g/mol. The first-order valence-electron chi connectivity index (χ1n) is 13.4. The van der Waals surface area contributed by atoms with Crippen molar-refractivity contribution in [1.82, 2.24) is 39.7 Å². The lowest BCUT2D eigenvalue weighted by atomic mass is 9.85.